The Kier molecular flexibility index (Phi) is 13.5. The Morgan fingerprint density at radius 1 is 0.576 bits per heavy atom. The number of hydrogen-bond donors (Lipinski definition) is 5. The van der Waals surface area contributed by atoms with Crippen LogP contribution in [-0.2, 0) is 30.4 Å². The lowest BCUT2D eigenvalue weighted by Crippen LogP contribution is -2.09. The molecule has 340 valence electrons. The second-order valence-electron chi connectivity index (χ2n) is 14.7. The van der Waals surface area contributed by atoms with Gasteiger partial charge in [-0.15, -0.1) is 5.11 Å². The number of phenolic OH excluding ortho intramolecular Hbond substituents is 1. The molecule has 5 N–H and O–H groups in total. The number of fused-ring (bicyclic) bond motifs is 2. The van der Waals surface area contributed by atoms with Gasteiger partial charge in [0.15, 0.2) is 5.75 Å². The molecule has 0 aromatic heterocycles. The molecule has 0 fully saturated rings. The van der Waals surface area contributed by atoms with Crippen molar-refractivity contribution >= 4 is 97.4 Å². The molecule has 0 aliphatic rings. The number of nitrogens with zero attached hydrogens (tertiary/aromatic N) is 6. The summed E-state index contributed by atoms with van der Waals surface area (Å²) < 4.78 is 111. The van der Waals surface area contributed by atoms with Crippen molar-refractivity contribution in [1.82, 2.24) is 0 Å². The fourth-order valence-electron chi connectivity index (χ4n) is 6.57. The van der Waals surface area contributed by atoms with Crippen molar-refractivity contribution in [2.45, 2.75) is 30.1 Å². The average molecular weight is 954 g/mol. The van der Waals surface area contributed by atoms with E-state index in [1.165, 1.54) is 18.2 Å². The molecule has 7 aromatic carbocycles. The first kappa shape index (κ1) is 46.8. The van der Waals surface area contributed by atoms with Crippen LogP contribution < -0.4 is 14.8 Å². The molecule has 0 unspecified atom stereocenters. The van der Waals surface area contributed by atoms with E-state index in [2.05, 4.69) is 36.0 Å². The molecule has 0 aliphatic heterocycles. The monoisotopic (exact) mass is 953 g/mol. The zero-order valence-electron chi connectivity index (χ0n) is 35.1. The van der Waals surface area contributed by atoms with E-state index in [0.29, 0.717) is 67.2 Å². The summed E-state index contributed by atoms with van der Waals surface area (Å²) in [6.07, 6.45) is -0.0648. The highest BCUT2D eigenvalue weighted by Crippen LogP contribution is 2.43. The molecule has 0 spiro atoms. The largest absolute Gasteiger partial charge is 0.505 e. The molecule has 7 rings (SSSR count). The van der Waals surface area contributed by atoms with Crippen LogP contribution in [0.15, 0.2) is 156 Å². The highest BCUT2D eigenvalue weighted by Gasteiger charge is 2.23. The molecular weight excluding hydrogens is 915 g/mol. The molecule has 0 radical (unpaired) electrons. The summed E-state index contributed by atoms with van der Waals surface area (Å²) in [6.45, 7) is 3.40. The van der Waals surface area contributed by atoms with Gasteiger partial charge in [-0.1, -0.05) is 0 Å². The molecule has 0 atom stereocenters. The van der Waals surface area contributed by atoms with E-state index in [-0.39, 0.29) is 24.2 Å². The van der Waals surface area contributed by atoms with Gasteiger partial charge in [0, 0.05) is 28.2 Å². The summed E-state index contributed by atoms with van der Waals surface area (Å²) in [4.78, 5) is -1.08. The first-order valence-corrected chi connectivity index (χ1v) is 24.0. The van der Waals surface area contributed by atoms with Gasteiger partial charge in [-0.3, -0.25) is 13.7 Å². The number of methoxy groups -OCH3 is 1. The zero-order chi connectivity index (χ0) is 47.4. The van der Waals surface area contributed by atoms with Gasteiger partial charge in [-0.2, -0.15) is 50.8 Å². The maximum Gasteiger partial charge on any atom is 0.296 e. The van der Waals surface area contributed by atoms with Crippen LogP contribution in [0.2, 0.25) is 0 Å². The molecule has 0 aliphatic carbocycles. The number of ether oxygens (including phenoxy) is 2. The van der Waals surface area contributed by atoms with Crippen LogP contribution in [0, 0.1) is 13.8 Å². The van der Waals surface area contributed by atoms with Gasteiger partial charge in [0.2, 0.25) is 0 Å². The van der Waals surface area contributed by atoms with Crippen molar-refractivity contribution in [2.24, 2.45) is 30.7 Å². The molecule has 7 aromatic rings. The minimum atomic E-state index is -4.85. The summed E-state index contributed by atoms with van der Waals surface area (Å²) in [5, 5.41) is 41.3. The van der Waals surface area contributed by atoms with Crippen molar-refractivity contribution < 1.29 is 53.5 Å². The summed E-state index contributed by atoms with van der Waals surface area (Å²) in [5.41, 5.74) is 4.34. The molecule has 0 saturated carbocycles. The smallest absolute Gasteiger partial charge is 0.296 e. The number of rotatable bonds is 16. The maximum atomic E-state index is 12.5. The Bertz CT molecular complexity index is 3460. The van der Waals surface area contributed by atoms with Gasteiger partial charge in [-0.25, -0.2) is 0 Å². The molecule has 0 saturated heterocycles. The van der Waals surface area contributed by atoms with Crippen molar-refractivity contribution in [2.75, 3.05) is 24.8 Å². The van der Waals surface area contributed by atoms with Crippen LogP contribution in [0.1, 0.15) is 17.5 Å². The summed E-state index contributed by atoms with van der Waals surface area (Å²) in [5.74, 6) is -0.301. The van der Waals surface area contributed by atoms with Crippen LogP contribution in [0.4, 0.5) is 45.5 Å². The Hall–Kier alpha value is -7.21. The quantitative estimate of drug-likeness (QED) is 0.0342. The highest BCUT2D eigenvalue weighted by molar-refractivity contribution is 7.86. The van der Waals surface area contributed by atoms with Gasteiger partial charge in [0.1, 0.15) is 22.1 Å². The predicted octanol–water partition coefficient (Wildman–Crippen LogP) is 11.5. The normalized spacial score (nSPS) is 12.5. The number of aromatic hydroxyl groups is 1. The standard InChI is InChI=1S/C44H39N7O12S3/c1-26-19-32(9-15-40(26)50-47-34-8-13-37-28(22-34)23-36(65(56,57)58)25-41(37)63-17-4-18-64(53,54)55)46-49-39-16-10-33(20-27(39)2)48-51-43-42(66(59,60)61)24-29-21-31(7-14-38(29)44(43)52)45-30-5-11-35(62-3)12-6-30/h5-16,19-25,45,52H,4,17-18H2,1-3H3,(H,53,54,55)(H,56,57,58)(H,59,60,61). The van der Waals surface area contributed by atoms with E-state index < -0.39 is 57.3 Å². The maximum absolute atomic E-state index is 12.5. The van der Waals surface area contributed by atoms with E-state index in [4.69, 9.17) is 14.0 Å². The minimum Gasteiger partial charge on any atom is -0.505 e. The van der Waals surface area contributed by atoms with Gasteiger partial charge in [0.05, 0.1) is 52.8 Å². The highest BCUT2D eigenvalue weighted by atomic mass is 32.2. The zero-order valence-corrected chi connectivity index (χ0v) is 37.5. The van der Waals surface area contributed by atoms with Gasteiger partial charge < -0.3 is 19.9 Å². The van der Waals surface area contributed by atoms with Gasteiger partial charge >= 0.3 is 0 Å². The Balaban J connectivity index is 1.05. The second kappa shape index (κ2) is 19.1. The fraction of sp³-hybridized carbons (Fsp3) is 0.136. The van der Waals surface area contributed by atoms with Crippen molar-refractivity contribution in [3.63, 3.8) is 0 Å². The van der Waals surface area contributed by atoms with E-state index in [1.54, 1.807) is 112 Å². The fourth-order valence-corrected chi connectivity index (χ4v) is 8.24. The molecule has 19 nitrogen and oxygen atoms in total. The third-order valence-corrected chi connectivity index (χ3v) is 12.4. The van der Waals surface area contributed by atoms with Crippen LogP contribution in [0.25, 0.3) is 21.5 Å². The number of hydrogen-bond acceptors (Lipinski definition) is 16. The summed E-state index contributed by atoms with van der Waals surface area (Å²) in [7, 11) is -12.1. The predicted molar refractivity (Wildman–Crippen MR) is 247 cm³/mol. The number of anilines is 2. The van der Waals surface area contributed by atoms with Crippen molar-refractivity contribution in [1.29, 1.82) is 0 Å². The molecule has 22 heteroatoms. The lowest BCUT2D eigenvalue weighted by Gasteiger charge is -2.12. The van der Waals surface area contributed by atoms with E-state index >= 15 is 0 Å². The Morgan fingerprint density at radius 3 is 1.71 bits per heavy atom. The van der Waals surface area contributed by atoms with Gasteiger partial charge in [0.25, 0.3) is 30.4 Å². The number of aryl methyl sites for hydroxylation is 2. The Labute approximate surface area is 378 Å². The second-order valence-corrected chi connectivity index (χ2v) is 19.1. The van der Waals surface area contributed by atoms with Crippen LogP contribution >= 0.6 is 0 Å². The number of azo groups is 3. The van der Waals surface area contributed by atoms with Crippen molar-refractivity contribution in [3.05, 3.63) is 126 Å². The van der Waals surface area contributed by atoms with Crippen molar-refractivity contribution in [3.8, 4) is 17.2 Å². The van der Waals surface area contributed by atoms with Crippen LogP contribution in [-0.4, -0.2) is 63.5 Å². The van der Waals surface area contributed by atoms with E-state index in [9.17, 15) is 39.5 Å². The topological polar surface area (TPSA) is 288 Å². The van der Waals surface area contributed by atoms with Crippen LogP contribution in [0.5, 0.6) is 17.2 Å². The first-order chi connectivity index (χ1) is 31.2. The van der Waals surface area contributed by atoms with Gasteiger partial charge in [-0.05, 0) is 151 Å². The first-order valence-electron chi connectivity index (χ1n) is 19.5. The average Bonchev–Trinajstić information content (AvgIpc) is 3.25. The summed E-state index contributed by atoms with van der Waals surface area (Å²) >= 11 is 0. The Morgan fingerprint density at radius 2 is 1.14 bits per heavy atom. The third kappa shape index (κ3) is 11.5. The lowest BCUT2D eigenvalue weighted by molar-refractivity contribution is 0.319. The molecular formula is C44H39N7O12S3. The number of benzene rings is 7. The van der Waals surface area contributed by atoms with E-state index in [0.717, 1.165) is 11.8 Å². The lowest BCUT2D eigenvalue weighted by atomic mass is 10.1. The minimum absolute atomic E-state index is 0.0648. The number of nitrogens with one attached hydrogen (secondary N) is 1. The van der Waals surface area contributed by atoms with Crippen LogP contribution in [0.3, 0.4) is 0 Å². The molecule has 0 amide bonds. The molecule has 0 heterocycles. The molecule has 66 heavy (non-hydrogen) atoms. The van der Waals surface area contributed by atoms with E-state index in [1.807, 2.05) is 0 Å². The number of phenols is 1. The molecule has 0 bridgehead atoms. The summed E-state index contributed by atoms with van der Waals surface area (Å²) in [6, 6.07) is 30.3. The third-order valence-electron chi connectivity index (χ3n) is 9.85. The SMILES string of the molecule is COc1ccc(Nc2ccc3c(O)c(N=Nc4ccc(N=Nc5ccc(N=Nc6ccc7c(OCCCS(=O)(=O)O)cc(S(=O)(=O)O)cc7c6)c(C)c5)c(C)c4)c(S(=O)(=O)O)cc3c2)cc1.